The second-order valence-corrected chi connectivity index (χ2v) is 5.48. The van der Waals surface area contributed by atoms with E-state index < -0.39 is 5.91 Å². The second-order valence-electron chi connectivity index (χ2n) is 5.48. The van der Waals surface area contributed by atoms with Crippen LogP contribution in [0.5, 0.6) is 5.75 Å². The molecule has 0 aliphatic heterocycles. The molecule has 0 spiro atoms. The number of benzene rings is 2. The number of ether oxygens (including phenoxy) is 1. The maximum absolute atomic E-state index is 13.2. The summed E-state index contributed by atoms with van der Waals surface area (Å²) in [4.78, 5) is 27.9. The van der Waals surface area contributed by atoms with Crippen LogP contribution < -0.4 is 15.5 Å². The molecule has 5 nitrogen and oxygen atoms in total. The summed E-state index contributed by atoms with van der Waals surface area (Å²) < 4.78 is 18.6. The Balaban J connectivity index is 1.85. The molecule has 2 N–H and O–H groups in total. The molecular formula is C19H17FN2O3. The number of aromatic nitrogens is 1. The molecule has 0 aliphatic carbocycles. The highest BCUT2D eigenvalue weighted by molar-refractivity contribution is 5.97. The number of nitrogens with one attached hydrogen (secondary N) is 2. The van der Waals surface area contributed by atoms with Gasteiger partial charge in [0, 0.05) is 23.6 Å². The lowest BCUT2D eigenvalue weighted by atomic mass is 10.1. The maximum Gasteiger partial charge on any atom is 0.257 e. The van der Waals surface area contributed by atoms with Crippen LogP contribution in [0.2, 0.25) is 0 Å². The van der Waals surface area contributed by atoms with Crippen LogP contribution in [0.1, 0.15) is 22.8 Å². The number of carbonyl (C=O) groups excluding carboxylic acids is 1. The van der Waals surface area contributed by atoms with E-state index in [1.807, 2.05) is 6.92 Å². The van der Waals surface area contributed by atoms with Crippen molar-refractivity contribution in [3.05, 3.63) is 75.8 Å². The zero-order valence-corrected chi connectivity index (χ0v) is 13.6. The van der Waals surface area contributed by atoms with Gasteiger partial charge in [0.05, 0.1) is 6.61 Å². The quantitative estimate of drug-likeness (QED) is 0.750. The Morgan fingerprint density at radius 2 is 2.08 bits per heavy atom. The smallest absolute Gasteiger partial charge is 0.257 e. The first-order valence-electron chi connectivity index (χ1n) is 7.89. The summed E-state index contributed by atoms with van der Waals surface area (Å²) >= 11 is 0. The number of H-pyrrole nitrogens is 1. The van der Waals surface area contributed by atoms with Crippen LogP contribution >= 0.6 is 0 Å². The third kappa shape index (κ3) is 3.68. The van der Waals surface area contributed by atoms with Crippen molar-refractivity contribution in [1.29, 1.82) is 0 Å². The fourth-order valence-corrected chi connectivity index (χ4v) is 2.55. The standard InChI is InChI=1S/C19H17FN2O3/c1-2-25-14-6-7-17-15(9-14)18(23)16(11-21-17)19(24)22-10-12-4-3-5-13(20)8-12/h3-9,11H,2,10H2,1H3,(H,21,23)(H,22,24). The fourth-order valence-electron chi connectivity index (χ4n) is 2.55. The SMILES string of the molecule is CCOc1ccc2[nH]cc(C(=O)NCc3cccc(F)c3)c(=O)c2c1. The Kier molecular flexibility index (Phi) is 4.79. The average Bonchev–Trinajstić information content (AvgIpc) is 2.61. The van der Waals surface area contributed by atoms with Crippen LogP contribution in [0.25, 0.3) is 10.9 Å². The third-order valence-electron chi connectivity index (χ3n) is 3.75. The van der Waals surface area contributed by atoms with Crippen molar-refractivity contribution >= 4 is 16.8 Å². The summed E-state index contributed by atoms with van der Waals surface area (Å²) in [5, 5.41) is 3.01. The maximum atomic E-state index is 13.2. The lowest BCUT2D eigenvalue weighted by molar-refractivity contribution is 0.0949. The molecule has 1 aromatic heterocycles. The molecule has 128 valence electrons. The Bertz CT molecular complexity index is 982. The molecule has 0 atom stereocenters. The molecule has 1 amide bonds. The van der Waals surface area contributed by atoms with Gasteiger partial charge in [0.15, 0.2) is 0 Å². The van der Waals surface area contributed by atoms with Gasteiger partial charge in [-0.05, 0) is 42.8 Å². The molecule has 0 saturated carbocycles. The predicted molar refractivity (Wildman–Crippen MR) is 93.3 cm³/mol. The molecule has 0 saturated heterocycles. The minimum atomic E-state index is -0.519. The van der Waals surface area contributed by atoms with Crippen LogP contribution in [0.15, 0.2) is 53.5 Å². The molecule has 2 aromatic carbocycles. The number of halogens is 1. The largest absolute Gasteiger partial charge is 0.494 e. The Labute approximate surface area is 143 Å². The Morgan fingerprint density at radius 1 is 1.24 bits per heavy atom. The van der Waals surface area contributed by atoms with E-state index in [9.17, 15) is 14.0 Å². The number of fused-ring (bicyclic) bond motifs is 1. The fraction of sp³-hybridized carbons (Fsp3) is 0.158. The zero-order chi connectivity index (χ0) is 17.8. The van der Waals surface area contributed by atoms with Crippen molar-refractivity contribution in [1.82, 2.24) is 10.3 Å². The molecule has 0 aliphatic rings. The van der Waals surface area contributed by atoms with Gasteiger partial charge < -0.3 is 15.0 Å². The molecule has 1 heterocycles. The summed E-state index contributed by atoms with van der Waals surface area (Å²) in [6.07, 6.45) is 1.38. The van der Waals surface area contributed by atoms with Gasteiger partial charge in [-0.2, -0.15) is 0 Å². The monoisotopic (exact) mass is 340 g/mol. The molecule has 25 heavy (non-hydrogen) atoms. The molecule has 0 radical (unpaired) electrons. The van der Waals surface area contributed by atoms with Crippen LogP contribution in [0.3, 0.4) is 0 Å². The summed E-state index contributed by atoms with van der Waals surface area (Å²) in [7, 11) is 0. The van der Waals surface area contributed by atoms with E-state index in [0.29, 0.717) is 28.8 Å². The van der Waals surface area contributed by atoms with E-state index in [4.69, 9.17) is 4.74 Å². The number of hydrogen-bond acceptors (Lipinski definition) is 3. The minimum absolute atomic E-state index is 0.00227. The van der Waals surface area contributed by atoms with E-state index >= 15 is 0 Å². The van der Waals surface area contributed by atoms with Gasteiger partial charge in [-0.3, -0.25) is 9.59 Å². The number of hydrogen-bond donors (Lipinski definition) is 2. The number of amides is 1. The van der Waals surface area contributed by atoms with Gasteiger partial charge in [-0.25, -0.2) is 4.39 Å². The van der Waals surface area contributed by atoms with E-state index in [1.54, 1.807) is 30.3 Å². The van der Waals surface area contributed by atoms with Gasteiger partial charge in [-0.1, -0.05) is 12.1 Å². The second kappa shape index (κ2) is 7.17. The first-order chi connectivity index (χ1) is 12.1. The summed E-state index contributed by atoms with van der Waals surface area (Å²) in [6, 6.07) is 11.0. The van der Waals surface area contributed by atoms with Crippen molar-refractivity contribution in [2.75, 3.05) is 6.61 Å². The zero-order valence-electron chi connectivity index (χ0n) is 13.6. The van der Waals surface area contributed by atoms with E-state index in [1.165, 1.54) is 18.3 Å². The van der Waals surface area contributed by atoms with E-state index in [-0.39, 0.29) is 23.4 Å². The molecule has 0 bridgehead atoms. The molecule has 3 rings (SSSR count). The highest BCUT2D eigenvalue weighted by Gasteiger charge is 2.13. The first-order valence-corrected chi connectivity index (χ1v) is 7.89. The lowest BCUT2D eigenvalue weighted by Crippen LogP contribution is -2.28. The predicted octanol–water partition coefficient (Wildman–Crippen LogP) is 3.00. The van der Waals surface area contributed by atoms with Crippen LogP contribution in [0, 0.1) is 5.82 Å². The van der Waals surface area contributed by atoms with Crippen LogP contribution in [0.4, 0.5) is 4.39 Å². The Hall–Kier alpha value is -3.15. The topological polar surface area (TPSA) is 71.2 Å². The van der Waals surface area contributed by atoms with Gasteiger partial charge in [0.2, 0.25) is 5.43 Å². The number of rotatable bonds is 5. The highest BCUT2D eigenvalue weighted by atomic mass is 19.1. The number of aromatic amines is 1. The summed E-state index contributed by atoms with van der Waals surface area (Å²) in [5.74, 6) is -0.328. The molecular weight excluding hydrogens is 323 g/mol. The van der Waals surface area contributed by atoms with Crippen LogP contribution in [-0.4, -0.2) is 17.5 Å². The minimum Gasteiger partial charge on any atom is -0.494 e. The van der Waals surface area contributed by atoms with Crippen molar-refractivity contribution < 1.29 is 13.9 Å². The highest BCUT2D eigenvalue weighted by Crippen LogP contribution is 2.17. The van der Waals surface area contributed by atoms with Gasteiger partial charge in [0.25, 0.3) is 5.91 Å². The van der Waals surface area contributed by atoms with Gasteiger partial charge >= 0.3 is 0 Å². The Morgan fingerprint density at radius 3 is 2.84 bits per heavy atom. The average molecular weight is 340 g/mol. The lowest BCUT2D eigenvalue weighted by Gasteiger charge is -2.08. The van der Waals surface area contributed by atoms with Crippen molar-refractivity contribution in [3.63, 3.8) is 0 Å². The molecule has 0 unspecified atom stereocenters. The van der Waals surface area contributed by atoms with Crippen molar-refractivity contribution in [2.24, 2.45) is 0 Å². The number of carbonyl (C=O) groups is 1. The number of pyridine rings is 1. The van der Waals surface area contributed by atoms with E-state index in [2.05, 4.69) is 10.3 Å². The first kappa shape index (κ1) is 16.7. The summed E-state index contributed by atoms with van der Waals surface area (Å²) in [6.45, 7) is 2.47. The normalized spacial score (nSPS) is 10.6. The molecule has 6 heteroatoms. The van der Waals surface area contributed by atoms with Gasteiger partial charge in [0.1, 0.15) is 17.1 Å². The van der Waals surface area contributed by atoms with E-state index in [0.717, 1.165) is 0 Å². The summed E-state index contributed by atoms with van der Waals surface area (Å²) in [5.41, 5.74) is 0.851. The molecule has 0 fully saturated rings. The third-order valence-corrected chi connectivity index (χ3v) is 3.75. The van der Waals surface area contributed by atoms with Gasteiger partial charge in [-0.15, -0.1) is 0 Å². The molecule has 3 aromatic rings. The van der Waals surface area contributed by atoms with Crippen LogP contribution in [-0.2, 0) is 6.54 Å². The van der Waals surface area contributed by atoms with Crippen molar-refractivity contribution in [3.8, 4) is 5.75 Å². The van der Waals surface area contributed by atoms with Crippen molar-refractivity contribution in [2.45, 2.75) is 13.5 Å².